The minimum Gasteiger partial charge on any atom is -0.299 e. The third-order valence-corrected chi connectivity index (χ3v) is 9.35. The molecule has 0 amide bonds. The van der Waals surface area contributed by atoms with Crippen LogP contribution < -0.4 is 0 Å². The molecule has 222 valence electrons. The summed E-state index contributed by atoms with van der Waals surface area (Å²) in [6.07, 6.45) is 11.7. The Bertz CT molecular complexity index is 1840. The predicted molar refractivity (Wildman–Crippen MR) is 168 cm³/mol. The monoisotopic (exact) mass is 584 g/mol. The second kappa shape index (κ2) is 11.4. The molecule has 5 aromatic rings. The number of aromatic nitrogens is 6. The molecule has 2 atom stereocenters. The minimum atomic E-state index is -0.447. The van der Waals surface area contributed by atoms with Gasteiger partial charge in [-0.15, -0.1) is 0 Å². The molecule has 8 heteroatoms. The summed E-state index contributed by atoms with van der Waals surface area (Å²) in [5, 5.41) is 8.55. The molecule has 0 N–H and O–H groups in total. The third-order valence-electron chi connectivity index (χ3n) is 9.35. The average molecular weight is 585 g/mol. The molecule has 0 unspecified atom stereocenters. The Kier molecular flexibility index (Phi) is 7.28. The lowest BCUT2D eigenvalue weighted by atomic mass is 9.78. The summed E-state index contributed by atoms with van der Waals surface area (Å²) in [6, 6.07) is 16.3. The SMILES string of the molecule is Cc1cnn(C)c1-c1ccc(CC(=O)[C@@H](CC(=O)c2ccnn2C)[C@@H]2CCc3ccc(-c4cncc(C5CC5)n4)cc32)cc1. The zero-order valence-corrected chi connectivity index (χ0v) is 25.4. The molecule has 0 bridgehead atoms. The molecule has 44 heavy (non-hydrogen) atoms. The van der Waals surface area contributed by atoms with Gasteiger partial charge in [-0.1, -0.05) is 36.4 Å². The number of benzene rings is 2. The van der Waals surface area contributed by atoms with E-state index in [1.54, 1.807) is 24.0 Å². The molecule has 8 nitrogen and oxygen atoms in total. The van der Waals surface area contributed by atoms with Crippen molar-refractivity contribution in [1.29, 1.82) is 0 Å². The minimum absolute atomic E-state index is 0.0504. The van der Waals surface area contributed by atoms with E-state index in [0.717, 1.165) is 57.7 Å². The molecule has 1 fully saturated rings. The molecule has 0 radical (unpaired) electrons. The van der Waals surface area contributed by atoms with E-state index in [4.69, 9.17) is 4.98 Å². The Morgan fingerprint density at radius 1 is 0.909 bits per heavy atom. The summed E-state index contributed by atoms with van der Waals surface area (Å²) < 4.78 is 3.46. The number of fused-ring (bicyclic) bond motifs is 1. The zero-order valence-electron chi connectivity index (χ0n) is 25.4. The number of carbonyl (C=O) groups excluding carboxylic acids is 2. The van der Waals surface area contributed by atoms with Gasteiger partial charge in [-0.05, 0) is 72.9 Å². The summed E-state index contributed by atoms with van der Waals surface area (Å²) in [5.74, 6) is 0.0518. The largest absolute Gasteiger partial charge is 0.299 e. The molecule has 2 aliphatic rings. The maximum Gasteiger partial charge on any atom is 0.181 e. The van der Waals surface area contributed by atoms with Gasteiger partial charge in [-0.3, -0.25) is 23.9 Å². The van der Waals surface area contributed by atoms with Gasteiger partial charge in [0.05, 0.1) is 29.5 Å². The van der Waals surface area contributed by atoms with Gasteiger partial charge in [0.1, 0.15) is 11.5 Å². The maximum atomic E-state index is 14.2. The first-order valence-corrected chi connectivity index (χ1v) is 15.4. The molecule has 1 saturated carbocycles. The molecular weight excluding hydrogens is 548 g/mol. The summed E-state index contributed by atoms with van der Waals surface area (Å²) in [6.45, 7) is 2.05. The molecule has 3 heterocycles. The first kappa shape index (κ1) is 28.1. The summed E-state index contributed by atoms with van der Waals surface area (Å²) in [7, 11) is 3.70. The molecular formula is C36H36N6O2. The summed E-state index contributed by atoms with van der Waals surface area (Å²) in [5.41, 5.74) is 10.0. The van der Waals surface area contributed by atoms with Crippen LogP contribution in [-0.4, -0.2) is 41.1 Å². The van der Waals surface area contributed by atoms with Crippen LogP contribution in [0.4, 0.5) is 0 Å². The van der Waals surface area contributed by atoms with Crippen molar-refractivity contribution in [3.63, 3.8) is 0 Å². The number of ketones is 2. The van der Waals surface area contributed by atoms with Crippen LogP contribution in [0.25, 0.3) is 22.5 Å². The Labute approximate surface area is 257 Å². The fourth-order valence-electron chi connectivity index (χ4n) is 6.81. The topological polar surface area (TPSA) is 95.6 Å². The Hall–Kier alpha value is -4.72. The van der Waals surface area contributed by atoms with Crippen molar-refractivity contribution in [2.24, 2.45) is 20.0 Å². The number of aryl methyl sites for hydroxylation is 4. The predicted octanol–water partition coefficient (Wildman–Crippen LogP) is 6.19. The van der Waals surface area contributed by atoms with Gasteiger partial charge in [0.2, 0.25) is 0 Å². The second-order valence-electron chi connectivity index (χ2n) is 12.4. The number of hydrogen-bond donors (Lipinski definition) is 0. The number of nitrogens with zero attached hydrogens (tertiary/aromatic N) is 6. The number of carbonyl (C=O) groups is 2. The van der Waals surface area contributed by atoms with Gasteiger partial charge >= 0.3 is 0 Å². The lowest BCUT2D eigenvalue weighted by Gasteiger charge is -2.24. The summed E-state index contributed by atoms with van der Waals surface area (Å²) in [4.78, 5) is 37.1. The molecule has 0 spiro atoms. The van der Waals surface area contributed by atoms with E-state index in [2.05, 4.69) is 45.5 Å². The van der Waals surface area contributed by atoms with Crippen molar-refractivity contribution < 1.29 is 9.59 Å². The fourth-order valence-corrected chi connectivity index (χ4v) is 6.81. The average Bonchev–Trinajstić information content (AvgIpc) is 3.53. The van der Waals surface area contributed by atoms with Crippen LogP contribution in [0.2, 0.25) is 0 Å². The van der Waals surface area contributed by atoms with Crippen molar-refractivity contribution in [2.75, 3.05) is 0 Å². The van der Waals surface area contributed by atoms with E-state index in [0.29, 0.717) is 11.6 Å². The molecule has 0 aliphatic heterocycles. The first-order valence-electron chi connectivity index (χ1n) is 15.4. The van der Waals surface area contributed by atoms with Crippen molar-refractivity contribution in [3.8, 4) is 22.5 Å². The Morgan fingerprint density at radius 3 is 2.41 bits per heavy atom. The highest BCUT2D eigenvalue weighted by Gasteiger charge is 2.36. The highest BCUT2D eigenvalue weighted by Crippen LogP contribution is 2.43. The van der Waals surface area contributed by atoms with E-state index in [1.807, 2.05) is 49.4 Å². The van der Waals surface area contributed by atoms with Gasteiger partial charge in [0.15, 0.2) is 5.78 Å². The highest BCUT2D eigenvalue weighted by molar-refractivity contribution is 5.98. The van der Waals surface area contributed by atoms with Crippen LogP contribution in [0, 0.1) is 12.8 Å². The first-order chi connectivity index (χ1) is 21.4. The van der Waals surface area contributed by atoms with Crippen molar-refractivity contribution >= 4 is 11.6 Å². The lowest BCUT2D eigenvalue weighted by Crippen LogP contribution is -2.26. The molecule has 7 rings (SSSR count). The molecule has 3 aromatic heterocycles. The molecule has 2 aromatic carbocycles. The Balaban J connectivity index is 1.19. The van der Waals surface area contributed by atoms with Gasteiger partial charge < -0.3 is 0 Å². The van der Waals surface area contributed by atoms with Crippen LogP contribution >= 0.6 is 0 Å². The number of rotatable bonds is 10. The van der Waals surface area contributed by atoms with Gasteiger partial charge in [0.25, 0.3) is 0 Å². The van der Waals surface area contributed by atoms with Crippen molar-refractivity contribution in [3.05, 3.63) is 107 Å². The van der Waals surface area contributed by atoms with E-state index >= 15 is 0 Å². The highest BCUT2D eigenvalue weighted by atomic mass is 16.1. The van der Waals surface area contributed by atoms with Crippen LogP contribution in [0.5, 0.6) is 0 Å². The molecule has 0 saturated heterocycles. The summed E-state index contributed by atoms with van der Waals surface area (Å²) >= 11 is 0. The zero-order chi connectivity index (χ0) is 30.4. The third kappa shape index (κ3) is 5.41. The van der Waals surface area contributed by atoms with Crippen molar-refractivity contribution in [2.45, 2.75) is 57.3 Å². The number of Topliss-reactive ketones (excluding diaryl/α,β-unsaturated/α-hetero) is 2. The van der Waals surface area contributed by atoms with E-state index in [1.165, 1.54) is 18.4 Å². The van der Waals surface area contributed by atoms with Gasteiger partial charge in [-0.25, -0.2) is 4.98 Å². The Morgan fingerprint density at radius 2 is 1.70 bits per heavy atom. The van der Waals surface area contributed by atoms with Crippen LogP contribution in [0.3, 0.4) is 0 Å². The van der Waals surface area contributed by atoms with Gasteiger partial charge in [0, 0.05) is 62.3 Å². The second-order valence-corrected chi connectivity index (χ2v) is 12.4. The lowest BCUT2D eigenvalue weighted by molar-refractivity contribution is -0.122. The van der Waals surface area contributed by atoms with E-state index < -0.39 is 5.92 Å². The fraction of sp³-hybridized carbons (Fsp3) is 0.333. The standard InChI is InChI=1S/C36H36N6O2/c1-22-19-39-42(3)36(22)26-6-4-23(5-7-26)16-34(43)30(18-35(44)33-14-15-38-41(33)2)28-13-12-24-8-11-27(17-29(24)28)32-21-37-20-31(40-32)25-9-10-25/h4-8,11,14-15,17,19-21,25,28,30H,9-10,12-13,16,18H2,1-3H3/t28-,30+/m1/s1. The van der Waals surface area contributed by atoms with E-state index in [9.17, 15) is 9.59 Å². The smallest absolute Gasteiger partial charge is 0.181 e. The van der Waals surface area contributed by atoms with Gasteiger partial charge in [-0.2, -0.15) is 10.2 Å². The van der Waals surface area contributed by atoms with Crippen LogP contribution in [-0.2, 0) is 31.7 Å². The van der Waals surface area contributed by atoms with E-state index in [-0.39, 0.29) is 30.3 Å². The maximum absolute atomic E-state index is 14.2. The molecule has 2 aliphatic carbocycles. The van der Waals surface area contributed by atoms with Crippen molar-refractivity contribution in [1.82, 2.24) is 29.5 Å². The number of hydrogen-bond acceptors (Lipinski definition) is 6. The van der Waals surface area contributed by atoms with Crippen LogP contribution in [0.15, 0.2) is 73.3 Å². The quantitative estimate of drug-likeness (QED) is 0.182. The normalized spacial score (nSPS) is 16.6. The van der Waals surface area contributed by atoms with Crippen LogP contribution in [0.1, 0.15) is 76.0 Å².